The molecule has 18 heavy (non-hydrogen) atoms. The molecule has 0 amide bonds. The van der Waals surface area contributed by atoms with Crippen LogP contribution in [0.2, 0.25) is 0 Å². The number of nitrogens with zero attached hydrogens (tertiary/aromatic N) is 1. The fraction of sp³-hybridized carbons (Fsp3) is 0. The summed E-state index contributed by atoms with van der Waals surface area (Å²) in [6.07, 6.45) is 0. The standard InChI is InChI=1S/C15H8FNO/c16-14-11-12(5-4-10-17)8-9-15(14)18-13-6-2-1-3-7-13/h1-3,6-9,11H. The molecule has 0 radical (unpaired) electrons. The molecule has 0 saturated carbocycles. The van der Waals surface area contributed by atoms with Crippen molar-refractivity contribution in [2.75, 3.05) is 0 Å². The lowest BCUT2D eigenvalue weighted by Crippen LogP contribution is -1.89. The van der Waals surface area contributed by atoms with E-state index in [-0.39, 0.29) is 5.75 Å². The summed E-state index contributed by atoms with van der Waals surface area (Å²) in [5.74, 6) is 4.91. The van der Waals surface area contributed by atoms with Crippen molar-refractivity contribution < 1.29 is 9.13 Å². The highest BCUT2D eigenvalue weighted by Crippen LogP contribution is 2.24. The first-order valence-electron chi connectivity index (χ1n) is 5.22. The predicted molar refractivity (Wildman–Crippen MR) is 65.4 cm³/mol. The van der Waals surface area contributed by atoms with Crippen LogP contribution in [-0.4, -0.2) is 0 Å². The number of halogens is 1. The van der Waals surface area contributed by atoms with Crippen molar-refractivity contribution in [2.45, 2.75) is 0 Å². The van der Waals surface area contributed by atoms with Crippen LogP contribution in [0.4, 0.5) is 4.39 Å². The van der Waals surface area contributed by atoms with Gasteiger partial charge in [0, 0.05) is 11.5 Å². The van der Waals surface area contributed by atoms with Gasteiger partial charge in [-0.3, -0.25) is 0 Å². The summed E-state index contributed by atoms with van der Waals surface area (Å²) in [5.41, 5.74) is 0.439. The molecule has 0 atom stereocenters. The molecule has 0 spiro atoms. The van der Waals surface area contributed by atoms with E-state index in [1.807, 2.05) is 6.07 Å². The molecule has 2 rings (SSSR count). The smallest absolute Gasteiger partial charge is 0.166 e. The van der Waals surface area contributed by atoms with Gasteiger partial charge >= 0.3 is 0 Å². The molecular weight excluding hydrogens is 229 g/mol. The fourth-order valence-corrected chi connectivity index (χ4v) is 1.38. The third kappa shape index (κ3) is 2.87. The zero-order chi connectivity index (χ0) is 12.8. The second kappa shape index (κ2) is 5.52. The van der Waals surface area contributed by atoms with Gasteiger partial charge < -0.3 is 4.74 Å². The zero-order valence-corrected chi connectivity index (χ0v) is 9.35. The van der Waals surface area contributed by atoms with Crippen molar-refractivity contribution in [3.63, 3.8) is 0 Å². The van der Waals surface area contributed by atoms with Gasteiger partial charge in [0.1, 0.15) is 5.75 Å². The molecule has 2 aromatic carbocycles. The summed E-state index contributed by atoms with van der Waals surface area (Å²) in [4.78, 5) is 0. The highest BCUT2D eigenvalue weighted by Gasteiger charge is 2.04. The summed E-state index contributed by atoms with van der Waals surface area (Å²) in [5, 5.41) is 8.30. The van der Waals surface area contributed by atoms with Gasteiger partial charge in [-0.25, -0.2) is 4.39 Å². The van der Waals surface area contributed by atoms with E-state index in [2.05, 4.69) is 11.8 Å². The Hall–Kier alpha value is -2.78. The Labute approximate surface area is 104 Å². The van der Waals surface area contributed by atoms with Crippen molar-refractivity contribution in [1.82, 2.24) is 0 Å². The third-order valence-electron chi connectivity index (χ3n) is 2.17. The Bertz CT molecular complexity index is 648. The van der Waals surface area contributed by atoms with E-state index < -0.39 is 5.82 Å². The second-order valence-electron chi connectivity index (χ2n) is 3.42. The zero-order valence-electron chi connectivity index (χ0n) is 9.35. The second-order valence-corrected chi connectivity index (χ2v) is 3.42. The molecule has 0 unspecified atom stereocenters. The van der Waals surface area contributed by atoms with E-state index in [9.17, 15) is 4.39 Å². The van der Waals surface area contributed by atoms with Gasteiger partial charge in [-0.15, -0.1) is 0 Å². The highest BCUT2D eigenvalue weighted by molar-refractivity contribution is 5.42. The normalized spacial score (nSPS) is 8.89. The molecule has 86 valence electrons. The molecule has 0 aliphatic carbocycles. The lowest BCUT2D eigenvalue weighted by molar-refractivity contribution is 0.442. The van der Waals surface area contributed by atoms with Crippen molar-refractivity contribution in [3.05, 3.63) is 59.9 Å². The molecular formula is C15H8FNO. The van der Waals surface area contributed by atoms with Crippen molar-refractivity contribution >= 4 is 0 Å². The Kier molecular flexibility index (Phi) is 3.59. The molecule has 3 heteroatoms. The fourth-order valence-electron chi connectivity index (χ4n) is 1.38. The summed E-state index contributed by atoms with van der Waals surface area (Å²) in [6, 6.07) is 14.9. The maximum absolute atomic E-state index is 13.7. The summed E-state index contributed by atoms with van der Waals surface area (Å²) < 4.78 is 19.1. The van der Waals surface area contributed by atoms with Crippen molar-refractivity contribution in [3.8, 4) is 29.4 Å². The molecule has 0 saturated heterocycles. The highest BCUT2D eigenvalue weighted by atomic mass is 19.1. The van der Waals surface area contributed by atoms with Gasteiger partial charge in [-0.1, -0.05) is 24.1 Å². The van der Waals surface area contributed by atoms with Crippen LogP contribution >= 0.6 is 0 Å². The largest absolute Gasteiger partial charge is 0.454 e. The summed E-state index contributed by atoms with van der Waals surface area (Å²) >= 11 is 0. The number of benzene rings is 2. The van der Waals surface area contributed by atoms with Crippen LogP contribution in [0.3, 0.4) is 0 Å². The lowest BCUT2D eigenvalue weighted by atomic mass is 10.2. The Morgan fingerprint density at radius 3 is 2.50 bits per heavy atom. The quantitative estimate of drug-likeness (QED) is 0.749. The van der Waals surface area contributed by atoms with Gasteiger partial charge in [0.2, 0.25) is 0 Å². The van der Waals surface area contributed by atoms with Crippen LogP contribution < -0.4 is 4.74 Å². The molecule has 0 aliphatic rings. The lowest BCUT2D eigenvalue weighted by Gasteiger charge is -2.06. The SMILES string of the molecule is N#CC#Cc1ccc(Oc2ccccc2)c(F)c1. The molecule has 0 N–H and O–H groups in total. The van der Waals surface area contributed by atoms with E-state index in [0.717, 1.165) is 0 Å². The predicted octanol–water partition coefficient (Wildman–Crippen LogP) is 3.49. The minimum Gasteiger partial charge on any atom is -0.454 e. The molecule has 2 nitrogen and oxygen atoms in total. The van der Waals surface area contributed by atoms with Crippen LogP contribution in [0.15, 0.2) is 48.5 Å². The number of nitriles is 1. The van der Waals surface area contributed by atoms with Gasteiger partial charge in [0.15, 0.2) is 17.6 Å². The molecule has 2 aromatic rings. The Balaban J connectivity index is 2.23. The molecule has 0 heterocycles. The van der Waals surface area contributed by atoms with E-state index in [4.69, 9.17) is 10.00 Å². The molecule has 0 bridgehead atoms. The van der Waals surface area contributed by atoms with Crippen molar-refractivity contribution in [2.24, 2.45) is 0 Å². The average molecular weight is 237 g/mol. The van der Waals surface area contributed by atoms with Gasteiger partial charge in [-0.2, -0.15) is 5.26 Å². The van der Waals surface area contributed by atoms with Crippen LogP contribution in [0.1, 0.15) is 5.56 Å². The van der Waals surface area contributed by atoms with Crippen LogP contribution in [0.5, 0.6) is 11.5 Å². The van der Waals surface area contributed by atoms with Crippen LogP contribution in [-0.2, 0) is 0 Å². The van der Waals surface area contributed by atoms with Gasteiger partial charge in [0.05, 0.1) is 0 Å². The Morgan fingerprint density at radius 1 is 1.06 bits per heavy atom. The number of hydrogen-bond acceptors (Lipinski definition) is 2. The summed E-state index contributed by atoms with van der Waals surface area (Å²) in [6.45, 7) is 0. The maximum atomic E-state index is 13.7. The van der Waals surface area contributed by atoms with Crippen LogP contribution in [0.25, 0.3) is 0 Å². The Morgan fingerprint density at radius 2 is 1.83 bits per heavy atom. The van der Waals surface area contributed by atoms with Crippen molar-refractivity contribution in [1.29, 1.82) is 5.26 Å². The number of para-hydroxylation sites is 1. The molecule has 0 aliphatic heterocycles. The van der Waals surface area contributed by atoms with Crippen LogP contribution in [0, 0.1) is 29.0 Å². The first-order chi connectivity index (χ1) is 8.79. The average Bonchev–Trinajstić information content (AvgIpc) is 2.40. The van der Waals surface area contributed by atoms with E-state index >= 15 is 0 Å². The minimum absolute atomic E-state index is 0.128. The molecule has 0 fully saturated rings. The topological polar surface area (TPSA) is 33.0 Å². The van der Waals surface area contributed by atoms with Gasteiger partial charge in [-0.05, 0) is 30.3 Å². The minimum atomic E-state index is -0.511. The number of ether oxygens (including phenoxy) is 1. The first kappa shape index (κ1) is 11.7. The number of hydrogen-bond donors (Lipinski definition) is 0. The monoisotopic (exact) mass is 237 g/mol. The number of rotatable bonds is 2. The van der Waals surface area contributed by atoms with E-state index in [0.29, 0.717) is 11.3 Å². The molecule has 0 aromatic heterocycles. The maximum Gasteiger partial charge on any atom is 0.166 e. The first-order valence-corrected chi connectivity index (χ1v) is 5.22. The summed E-state index contributed by atoms with van der Waals surface area (Å²) in [7, 11) is 0. The van der Waals surface area contributed by atoms with E-state index in [1.54, 1.807) is 36.4 Å². The van der Waals surface area contributed by atoms with Gasteiger partial charge in [0.25, 0.3) is 0 Å². The third-order valence-corrected chi connectivity index (χ3v) is 2.17. The van der Waals surface area contributed by atoms with E-state index in [1.165, 1.54) is 12.1 Å².